The van der Waals surface area contributed by atoms with E-state index in [0.717, 1.165) is 5.69 Å². The minimum absolute atomic E-state index is 0.101. The SMILES string of the molecule is COc1ncccc1C(=O)N1Cc2ccnn2[C@@H](COc2cccnc2)C1. The normalized spacial score (nSPS) is 15.9. The summed E-state index contributed by atoms with van der Waals surface area (Å²) >= 11 is 0. The van der Waals surface area contributed by atoms with Crippen LogP contribution in [0.5, 0.6) is 11.6 Å². The summed E-state index contributed by atoms with van der Waals surface area (Å²) in [6.45, 7) is 1.33. The van der Waals surface area contributed by atoms with E-state index in [1.807, 2.05) is 22.9 Å². The van der Waals surface area contributed by atoms with Crippen molar-refractivity contribution in [2.24, 2.45) is 0 Å². The van der Waals surface area contributed by atoms with Crippen LogP contribution in [0.3, 0.4) is 0 Å². The molecule has 0 spiro atoms. The molecule has 3 aromatic rings. The molecule has 3 aromatic heterocycles. The fourth-order valence-electron chi connectivity index (χ4n) is 3.18. The first-order valence-corrected chi connectivity index (χ1v) is 8.59. The molecule has 0 saturated heterocycles. The molecule has 0 aromatic carbocycles. The van der Waals surface area contributed by atoms with E-state index in [0.29, 0.717) is 36.9 Å². The van der Waals surface area contributed by atoms with Crippen molar-refractivity contribution in [2.75, 3.05) is 20.3 Å². The molecule has 1 amide bonds. The van der Waals surface area contributed by atoms with Gasteiger partial charge in [0.25, 0.3) is 5.91 Å². The van der Waals surface area contributed by atoms with E-state index < -0.39 is 0 Å². The zero-order valence-electron chi connectivity index (χ0n) is 14.9. The molecule has 8 nitrogen and oxygen atoms in total. The molecule has 138 valence electrons. The smallest absolute Gasteiger partial charge is 0.259 e. The topological polar surface area (TPSA) is 82.4 Å². The standard InChI is InChI=1S/C19H19N5O3/c1-26-18-17(5-3-8-21-18)19(25)23-11-14-6-9-22-24(14)15(12-23)13-27-16-4-2-7-20-10-16/h2-10,15H,11-13H2,1H3/t15-/m1/s1. The van der Waals surface area contributed by atoms with Gasteiger partial charge in [0.15, 0.2) is 0 Å². The molecule has 0 unspecified atom stereocenters. The van der Waals surface area contributed by atoms with Crippen molar-refractivity contribution >= 4 is 5.91 Å². The predicted octanol–water partition coefficient (Wildman–Crippen LogP) is 1.96. The van der Waals surface area contributed by atoms with Crippen molar-refractivity contribution in [2.45, 2.75) is 12.6 Å². The highest BCUT2D eigenvalue weighted by Crippen LogP contribution is 2.25. The molecule has 0 saturated carbocycles. The highest BCUT2D eigenvalue weighted by atomic mass is 16.5. The van der Waals surface area contributed by atoms with Crippen LogP contribution < -0.4 is 9.47 Å². The van der Waals surface area contributed by atoms with Gasteiger partial charge >= 0.3 is 0 Å². The average molecular weight is 365 g/mol. The number of carbonyl (C=O) groups is 1. The summed E-state index contributed by atoms with van der Waals surface area (Å²) in [5, 5.41) is 4.40. The number of amides is 1. The monoisotopic (exact) mass is 365 g/mol. The maximum atomic E-state index is 13.1. The Morgan fingerprint density at radius 1 is 1.22 bits per heavy atom. The van der Waals surface area contributed by atoms with Gasteiger partial charge in [0, 0.05) is 25.1 Å². The van der Waals surface area contributed by atoms with Crippen LogP contribution in [-0.2, 0) is 6.54 Å². The van der Waals surface area contributed by atoms with Gasteiger partial charge in [-0.3, -0.25) is 14.5 Å². The predicted molar refractivity (Wildman–Crippen MR) is 96.5 cm³/mol. The van der Waals surface area contributed by atoms with Gasteiger partial charge in [-0.25, -0.2) is 4.98 Å². The fourth-order valence-corrected chi connectivity index (χ4v) is 3.18. The second kappa shape index (κ2) is 7.45. The third-order valence-electron chi connectivity index (χ3n) is 4.44. The summed E-state index contributed by atoms with van der Waals surface area (Å²) in [4.78, 5) is 23.0. The van der Waals surface area contributed by atoms with Crippen LogP contribution in [0.2, 0.25) is 0 Å². The molecule has 0 fully saturated rings. The number of methoxy groups -OCH3 is 1. The highest BCUT2D eigenvalue weighted by Gasteiger charge is 2.30. The lowest BCUT2D eigenvalue weighted by molar-refractivity contribution is 0.0629. The number of aromatic nitrogens is 4. The maximum Gasteiger partial charge on any atom is 0.259 e. The molecule has 1 atom stereocenters. The van der Waals surface area contributed by atoms with E-state index in [4.69, 9.17) is 9.47 Å². The van der Waals surface area contributed by atoms with Crippen molar-refractivity contribution in [1.82, 2.24) is 24.6 Å². The molecule has 4 heterocycles. The lowest BCUT2D eigenvalue weighted by Gasteiger charge is -2.34. The van der Waals surface area contributed by atoms with Crippen LogP contribution >= 0.6 is 0 Å². The zero-order valence-corrected chi connectivity index (χ0v) is 14.9. The van der Waals surface area contributed by atoms with Crippen molar-refractivity contribution in [3.63, 3.8) is 0 Å². The average Bonchev–Trinajstić information content (AvgIpc) is 3.21. The minimum Gasteiger partial charge on any atom is -0.490 e. The summed E-state index contributed by atoms with van der Waals surface area (Å²) < 4.78 is 13.0. The first-order chi connectivity index (χ1) is 13.3. The molecule has 1 aliphatic heterocycles. The van der Waals surface area contributed by atoms with Gasteiger partial charge < -0.3 is 14.4 Å². The van der Waals surface area contributed by atoms with E-state index in [9.17, 15) is 4.79 Å². The number of fused-ring (bicyclic) bond motifs is 1. The van der Waals surface area contributed by atoms with Crippen LogP contribution in [0.1, 0.15) is 22.1 Å². The van der Waals surface area contributed by atoms with Crippen molar-refractivity contribution < 1.29 is 14.3 Å². The Hall–Kier alpha value is -3.42. The van der Waals surface area contributed by atoms with Gasteiger partial charge in [-0.2, -0.15) is 5.10 Å². The first kappa shape index (κ1) is 17.0. The molecule has 8 heteroatoms. The Morgan fingerprint density at radius 3 is 2.93 bits per heavy atom. The molecule has 1 aliphatic rings. The number of hydrogen-bond donors (Lipinski definition) is 0. The molecule has 0 aliphatic carbocycles. The molecule has 0 N–H and O–H groups in total. The second-order valence-electron chi connectivity index (χ2n) is 6.17. The van der Waals surface area contributed by atoms with Crippen molar-refractivity contribution in [3.8, 4) is 11.6 Å². The van der Waals surface area contributed by atoms with E-state index in [-0.39, 0.29) is 11.9 Å². The summed E-state index contributed by atoms with van der Waals surface area (Å²) in [5.74, 6) is 0.882. The number of rotatable bonds is 5. The summed E-state index contributed by atoms with van der Waals surface area (Å²) in [6, 6.07) is 8.93. The van der Waals surface area contributed by atoms with Crippen LogP contribution in [-0.4, -0.2) is 50.8 Å². The quantitative estimate of drug-likeness (QED) is 0.687. The van der Waals surface area contributed by atoms with Gasteiger partial charge in [0.2, 0.25) is 5.88 Å². The first-order valence-electron chi connectivity index (χ1n) is 8.59. The van der Waals surface area contributed by atoms with Gasteiger partial charge in [-0.1, -0.05) is 0 Å². The largest absolute Gasteiger partial charge is 0.490 e. The van der Waals surface area contributed by atoms with Gasteiger partial charge in [0.1, 0.15) is 24.0 Å². The number of nitrogens with zero attached hydrogens (tertiary/aromatic N) is 5. The molecule has 27 heavy (non-hydrogen) atoms. The van der Waals surface area contributed by atoms with Crippen LogP contribution in [0, 0.1) is 0 Å². The van der Waals surface area contributed by atoms with Crippen molar-refractivity contribution in [1.29, 1.82) is 0 Å². The third-order valence-corrected chi connectivity index (χ3v) is 4.44. The highest BCUT2D eigenvalue weighted by molar-refractivity contribution is 5.96. The molecule has 0 bridgehead atoms. The number of pyridine rings is 2. The van der Waals surface area contributed by atoms with Crippen LogP contribution in [0.25, 0.3) is 0 Å². The molecule has 0 radical (unpaired) electrons. The molecular weight excluding hydrogens is 346 g/mol. The number of carbonyl (C=O) groups excluding carboxylic acids is 1. The number of ether oxygens (including phenoxy) is 2. The Balaban J connectivity index is 1.55. The zero-order chi connectivity index (χ0) is 18.6. The summed E-state index contributed by atoms with van der Waals surface area (Å²) in [5.41, 5.74) is 1.40. The van der Waals surface area contributed by atoms with Gasteiger partial charge in [-0.05, 0) is 30.3 Å². The molecule has 4 rings (SSSR count). The number of hydrogen-bond acceptors (Lipinski definition) is 6. The Kier molecular flexibility index (Phi) is 4.69. The fraction of sp³-hybridized carbons (Fsp3) is 0.263. The van der Waals surface area contributed by atoms with E-state index in [1.54, 1.807) is 41.8 Å². The Bertz CT molecular complexity index is 928. The van der Waals surface area contributed by atoms with Crippen molar-refractivity contribution in [3.05, 3.63) is 66.4 Å². The van der Waals surface area contributed by atoms with E-state index >= 15 is 0 Å². The molecular formula is C19H19N5O3. The summed E-state index contributed by atoms with van der Waals surface area (Å²) in [7, 11) is 1.51. The Morgan fingerprint density at radius 2 is 2.11 bits per heavy atom. The van der Waals surface area contributed by atoms with Crippen LogP contribution in [0.15, 0.2) is 55.1 Å². The minimum atomic E-state index is -0.126. The third kappa shape index (κ3) is 3.46. The lowest BCUT2D eigenvalue weighted by atomic mass is 10.1. The van der Waals surface area contributed by atoms with Gasteiger partial charge in [0.05, 0.1) is 25.5 Å². The van der Waals surface area contributed by atoms with Crippen LogP contribution in [0.4, 0.5) is 0 Å². The van der Waals surface area contributed by atoms with E-state index in [2.05, 4.69) is 15.1 Å². The van der Waals surface area contributed by atoms with Gasteiger partial charge in [-0.15, -0.1) is 0 Å². The second-order valence-corrected chi connectivity index (χ2v) is 6.17. The van der Waals surface area contributed by atoms with E-state index in [1.165, 1.54) is 7.11 Å². The summed E-state index contributed by atoms with van der Waals surface area (Å²) in [6.07, 6.45) is 6.70. The maximum absolute atomic E-state index is 13.1. The lowest BCUT2D eigenvalue weighted by Crippen LogP contribution is -2.43. The Labute approximate surface area is 156 Å².